The molecule has 0 fully saturated rings. The Morgan fingerprint density at radius 1 is 0.447 bits per heavy atom. The lowest BCUT2D eigenvalue weighted by Crippen LogP contribution is -2.62. The highest BCUT2D eigenvalue weighted by Gasteiger charge is 2.38. The number of aromatic nitrogens is 1. The second kappa shape index (κ2) is 43.6. The van der Waals surface area contributed by atoms with Crippen molar-refractivity contribution in [2.75, 3.05) is 39.4 Å². The molecule has 0 unspecified atom stereocenters. The Bertz CT molecular complexity index is 3410. The number of nitrogens with two attached hydrogens (primary N) is 4. The van der Waals surface area contributed by atoms with Gasteiger partial charge in [-0.05, 0) is 81.1 Å². The van der Waals surface area contributed by atoms with Crippen LogP contribution in [-0.2, 0) is 84.8 Å². The first-order chi connectivity index (χ1) is 48.6. The first-order valence-corrected chi connectivity index (χ1v) is 33.7. The highest BCUT2D eigenvalue weighted by Crippen LogP contribution is 2.20. The molecule has 0 bridgehead atoms. The summed E-state index contributed by atoms with van der Waals surface area (Å²) < 4.78 is 0. The second-order valence-electron chi connectivity index (χ2n) is 25.4. The van der Waals surface area contributed by atoms with Crippen LogP contribution in [0.25, 0.3) is 10.9 Å². The number of nitrogens with one attached hydrogen (secondary N) is 14. The molecule has 26 N–H and O–H groups in total. The summed E-state index contributed by atoms with van der Waals surface area (Å²) in [6, 6.07) is -4.28. The van der Waals surface area contributed by atoms with Crippen LogP contribution in [0.1, 0.15) is 98.6 Å². The molecule has 3 rings (SSSR count). The Kier molecular flexibility index (Phi) is 36.8. The van der Waals surface area contributed by atoms with Gasteiger partial charge in [0.2, 0.25) is 76.8 Å². The number of hydrogen-bond acceptors (Lipinski definition) is 21. The van der Waals surface area contributed by atoms with Gasteiger partial charge in [-0.2, -0.15) is 0 Å². The fourth-order valence-corrected chi connectivity index (χ4v) is 10.2. The lowest BCUT2D eigenvalue weighted by atomic mass is 9.96. The van der Waals surface area contributed by atoms with Crippen molar-refractivity contribution in [1.29, 1.82) is 0 Å². The van der Waals surface area contributed by atoms with Gasteiger partial charge in [0, 0.05) is 42.9 Å². The maximum Gasteiger partial charge on any atom is 0.325 e. The van der Waals surface area contributed by atoms with Crippen LogP contribution in [0.2, 0.25) is 0 Å². The molecule has 0 radical (unpaired) electrons. The van der Waals surface area contributed by atoms with Crippen molar-refractivity contribution in [3.8, 4) is 0 Å². The molecule has 2 aromatic carbocycles. The van der Waals surface area contributed by atoms with E-state index in [1.165, 1.54) is 20.0 Å². The van der Waals surface area contributed by atoms with Gasteiger partial charge in [0.25, 0.3) is 0 Å². The number of hydrogen-bond donors (Lipinski definition) is 22. The van der Waals surface area contributed by atoms with E-state index in [-0.39, 0.29) is 38.8 Å². The molecule has 37 heteroatoms. The summed E-state index contributed by atoms with van der Waals surface area (Å²) >= 11 is 0. The zero-order chi connectivity index (χ0) is 77.4. The number of H-pyrrole nitrogens is 1. The van der Waals surface area contributed by atoms with Crippen molar-refractivity contribution < 1.29 is 92.3 Å². The van der Waals surface area contributed by atoms with Crippen LogP contribution in [-0.4, -0.2) is 232 Å². The number of aliphatic hydroxyl groups is 2. The highest BCUT2D eigenvalue weighted by atomic mass is 16.4. The van der Waals surface area contributed by atoms with Crippen molar-refractivity contribution in [3.63, 3.8) is 0 Å². The van der Waals surface area contributed by atoms with Crippen molar-refractivity contribution in [2.45, 2.75) is 179 Å². The fraction of sp³-hybridized carbons (Fsp3) is 0.561. The standard InChI is InChI=1S/C66H102N18O19/c1-9-34(6)53(65(101)73-36(8)66(102)103)84-64(100)52(33(4)5)83-57(93)41(19-20-50(88)89)75-58(94)44(25-37-15-11-10-12-16-37)78-56(92)43(22-24-68)76-60(96)46(27-69)80-62(98)48(31-86)81-59(95)45(26-38-28-71-40-18-14-13-17-39(38)40)79-61(97)47(30-85)74-49(87)29-72-55(91)42(21-23-67)77-63(99)51(32(2)3)82-54(90)35(7)70/h10-18,28,32-36,41-48,51-53,71,85-86H,9,19-27,29-31,67-70H2,1-8H3,(H,72,91)(H,73,101)(H,74,87)(H,75,94)(H,76,96)(H,77,99)(H,78,92)(H,79,97)(H,80,98)(H,81,95)(H,82,90)(H,83,93)(H,84,100)(H,88,89)(H,102,103)/t34-,35-,36-,41-,42+,43+,44-,45+,46-,47+,48-,51+,52-,53+/m0/s1. The van der Waals surface area contributed by atoms with Crippen molar-refractivity contribution in [1.82, 2.24) is 74.1 Å². The molecule has 0 saturated heterocycles. The number of aliphatic hydroxyl groups excluding tert-OH is 2. The van der Waals surface area contributed by atoms with Crippen LogP contribution < -0.4 is 92.1 Å². The van der Waals surface area contributed by atoms with Gasteiger partial charge in [-0.3, -0.25) is 71.9 Å². The average Bonchev–Trinajstić information content (AvgIpc) is 1.76. The Hall–Kier alpha value is -10.2. The molecule has 0 aliphatic heterocycles. The van der Waals surface area contributed by atoms with Gasteiger partial charge in [0.05, 0.1) is 25.8 Å². The molecule has 570 valence electrons. The molecule has 0 aliphatic carbocycles. The normalized spacial score (nSPS) is 15.3. The average molecular weight is 1450 g/mol. The number of rotatable bonds is 45. The summed E-state index contributed by atoms with van der Waals surface area (Å²) in [4.78, 5) is 205. The van der Waals surface area contributed by atoms with E-state index in [1.807, 2.05) is 0 Å². The number of aromatic amines is 1. The number of aliphatic carboxylic acids is 2. The number of carbonyl (C=O) groups is 15. The topological polar surface area (TPSA) is 613 Å². The molecule has 13 amide bonds. The van der Waals surface area contributed by atoms with Gasteiger partial charge in [0.1, 0.15) is 72.5 Å². The lowest BCUT2D eigenvalue weighted by molar-refractivity contribution is -0.142. The maximum absolute atomic E-state index is 14.4. The van der Waals surface area contributed by atoms with Crippen LogP contribution in [0.5, 0.6) is 0 Å². The minimum atomic E-state index is -1.89. The molecule has 37 nitrogen and oxygen atoms in total. The summed E-state index contributed by atoms with van der Waals surface area (Å²) in [5.74, 6) is -17.0. The van der Waals surface area contributed by atoms with E-state index in [9.17, 15) is 92.3 Å². The summed E-state index contributed by atoms with van der Waals surface area (Å²) in [6.45, 7) is 8.38. The molecule has 1 heterocycles. The molecule has 0 saturated carbocycles. The molecule has 0 spiro atoms. The van der Waals surface area contributed by atoms with Crippen molar-refractivity contribution in [3.05, 3.63) is 71.9 Å². The molecular formula is C66H102N18O19. The predicted octanol–water partition coefficient (Wildman–Crippen LogP) is -6.80. The third-order valence-corrected chi connectivity index (χ3v) is 16.5. The van der Waals surface area contributed by atoms with Gasteiger partial charge in [0.15, 0.2) is 0 Å². The van der Waals surface area contributed by atoms with Crippen LogP contribution in [0.15, 0.2) is 60.8 Å². The van der Waals surface area contributed by atoms with Crippen LogP contribution >= 0.6 is 0 Å². The molecule has 3 aromatic rings. The van der Waals surface area contributed by atoms with Crippen LogP contribution in [0.3, 0.4) is 0 Å². The SMILES string of the molecule is CC[C@H](C)[C@@H](NC(=O)[C@@H](NC(=O)[C@H](CCC(=O)O)NC(=O)[C@H](Cc1ccccc1)NC(=O)[C@@H](CCN)NC(=O)[C@H](CN)NC(=O)[C@H](CO)NC(=O)[C@@H](Cc1c[nH]c2ccccc12)NC(=O)[C@@H](CO)NC(=O)CNC(=O)[C@@H](CCN)NC(=O)[C@H](NC(=O)[C@H](C)N)C(C)C)C(C)C)C(=O)N[C@@H](C)C(=O)O. The van der Waals surface area contributed by atoms with E-state index in [0.717, 1.165) is 0 Å². The van der Waals surface area contributed by atoms with E-state index in [1.54, 1.807) is 96.1 Å². The second-order valence-corrected chi connectivity index (χ2v) is 25.4. The smallest absolute Gasteiger partial charge is 0.325 e. The van der Waals surface area contributed by atoms with E-state index < -0.39 is 224 Å². The Labute approximate surface area is 594 Å². The fourth-order valence-electron chi connectivity index (χ4n) is 10.2. The number of para-hydroxylation sites is 1. The van der Waals surface area contributed by atoms with Crippen molar-refractivity contribution >= 4 is 99.6 Å². The van der Waals surface area contributed by atoms with Gasteiger partial charge in [-0.1, -0.05) is 96.5 Å². The van der Waals surface area contributed by atoms with E-state index in [4.69, 9.17) is 22.9 Å². The summed E-state index contributed by atoms with van der Waals surface area (Å²) in [7, 11) is 0. The molecule has 0 aliphatic rings. The summed E-state index contributed by atoms with van der Waals surface area (Å²) in [6.07, 6.45) is -0.342. The molecule has 14 atom stereocenters. The largest absolute Gasteiger partial charge is 0.481 e. The highest BCUT2D eigenvalue weighted by molar-refractivity contribution is 6.00. The minimum absolute atomic E-state index is 0.0979. The van der Waals surface area contributed by atoms with Gasteiger partial charge < -0.3 is 117 Å². The first kappa shape index (κ1) is 87.0. The minimum Gasteiger partial charge on any atom is -0.481 e. The van der Waals surface area contributed by atoms with Crippen LogP contribution in [0.4, 0.5) is 0 Å². The van der Waals surface area contributed by atoms with Gasteiger partial charge in [-0.25, -0.2) is 0 Å². The van der Waals surface area contributed by atoms with Crippen molar-refractivity contribution in [2.24, 2.45) is 40.7 Å². The number of carbonyl (C=O) groups excluding carboxylic acids is 13. The van der Waals surface area contributed by atoms with E-state index in [0.29, 0.717) is 28.5 Å². The number of carboxylic acids is 2. The Morgan fingerprint density at radius 2 is 0.864 bits per heavy atom. The lowest BCUT2D eigenvalue weighted by Gasteiger charge is -2.30. The third-order valence-electron chi connectivity index (χ3n) is 16.5. The Morgan fingerprint density at radius 3 is 1.38 bits per heavy atom. The zero-order valence-corrected chi connectivity index (χ0v) is 58.9. The van der Waals surface area contributed by atoms with Gasteiger partial charge >= 0.3 is 11.9 Å². The molecular weight excluding hydrogens is 1350 g/mol. The number of benzene rings is 2. The summed E-state index contributed by atoms with van der Waals surface area (Å²) in [5.41, 5.74) is 24.8. The third kappa shape index (κ3) is 28.3. The Balaban J connectivity index is 1.85. The predicted molar refractivity (Wildman–Crippen MR) is 372 cm³/mol. The maximum atomic E-state index is 14.4. The number of fused-ring (bicyclic) bond motifs is 1. The van der Waals surface area contributed by atoms with Gasteiger partial charge in [-0.15, -0.1) is 0 Å². The first-order valence-electron chi connectivity index (χ1n) is 33.7. The number of carboxylic acid groups (broad SMARTS) is 2. The molecule has 103 heavy (non-hydrogen) atoms. The number of amides is 13. The quantitative estimate of drug-likeness (QED) is 0.0250. The zero-order valence-electron chi connectivity index (χ0n) is 58.9. The molecule has 1 aromatic heterocycles. The summed E-state index contributed by atoms with van der Waals surface area (Å²) in [5, 5.41) is 72.1. The van der Waals surface area contributed by atoms with E-state index >= 15 is 0 Å². The monoisotopic (exact) mass is 1450 g/mol. The van der Waals surface area contributed by atoms with Crippen LogP contribution in [0, 0.1) is 17.8 Å². The van der Waals surface area contributed by atoms with E-state index in [2.05, 4.69) is 74.1 Å².